The van der Waals surface area contributed by atoms with E-state index in [1.54, 1.807) is 11.3 Å². The van der Waals surface area contributed by atoms with E-state index in [4.69, 9.17) is 9.47 Å². The van der Waals surface area contributed by atoms with E-state index in [1.807, 2.05) is 32.2 Å². The van der Waals surface area contributed by atoms with Crippen molar-refractivity contribution < 1.29 is 14.3 Å². The third-order valence-corrected chi connectivity index (χ3v) is 4.64. The van der Waals surface area contributed by atoms with Crippen LogP contribution in [0.25, 0.3) is 0 Å². The zero-order valence-electron chi connectivity index (χ0n) is 10.8. The Morgan fingerprint density at radius 2 is 2.17 bits per heavy atom. The third kappa shape index (κ3) is 3.33. The average molecular weight is 333 g/mol. The maximum absolute atomic E-state index is 11.6. The fraction of sp³-hybridized carbons (Fsp3) is 0.615. The fourth-order valence-corrected chi connectivity index (χ4v) is 3.68. The summed E-state index contributed by atoms with van der Waals surface area (Å²) < 4.78 is 12.1. The molecule has 0 saturated heterocycles. The van der Waals surface area contributed by atoms with Crippen LogP contribution in [0.5, 0.6) is 0 Å². The molecule has 1 aromatic rings. The number of ether oxygens (including phenoxy) is 2. The van der Waals surface area contributed by atoms with Gasteiger partial charge in [0.05, 0.1) is 4.88 Å². The Labute approximate surface area is 120 Å². The summed E-state index contributed by atoms with van der Waals surface area (Å²) >= 11 is 5.17. The van der Waals surface area contributed by atoms with E-state index in [1.165, 1.54) is 4.88 Å². The van der Waals surface area contributed by atoms with Gasteiger partial charge in [-0.25, -0.2) is 4.79 Å². The normalized spacial score (nSPS) is 17.6. The van der Waals surface area contributed by atoms with Crippen molar-refractivity contribution in [1.29, 1.82) is 0 Å². The molecule has 100 valence electrons. The molecular weight excluding hydrogens is 316 g/mol. The molecule has 1 fully saturated rings. The van der Waals surface area contributed by atoms with Gasteiger partial charge in [0.15, 0.2) is 0 Å². The quantitative estimate of drug-likeness (QED) is 0.785. The Bertz CT molecular complexity index is 443. The van der Waals surface area contributed by atoms with E-state index in [-0.39, 0.29) is 18.2 Å². The zero-order valence-corrected chi connectivity index (χ0v) is 13.2. The predicted molar refractivity (Wildman–Crippen MR) is 74.7 cm³/mol. The number of carbonyl (C=O) groups excluding carboxylic acids is 1. The minimum Gasteiger partial charge on any atom is -0.458 e. The van der Waals surface area contributed by atoms with E-state index < -0.39 is 5.60 Å². The SMILES string of the molecule is CC(C)(C)OC(=O)COC1(c2sccc2Br)CC1. The van der Waals surface area contributed by atoms with Crippen LogP contribution in [-0.2, 0) is 19.9 Å². The summed E-state index contributed by atoms with van der Waals surface area (Å²) in [4.78, 5) is 12.8. The van der Waals surface area contributed by atoms with Gasteiger partial charge in [-0.2, -0.15) is 0 Å². The molecule has 1 aromatic heterocycles. The molecule has 0 unspecified atom stereocenters. The lowest BCUT2D eigenvalue weighted by Gasteiger charge is -2.21. The first-order chi connectivity index (χ1) is 8.32. The molecule has 0 aliphatic heterocycles. The topological polar surface area (TPSA) is 35.5 Å². The molecule has 1 aliphatic carbocycles. The van der Waals surface area contributed by atoms with Crippen LogP contribution in [0, 0.1) is 0 Å². The molecule has 0 spiro atoms. The van der Waals surface area contributed by atoms with Crippen LogP contribution in [0.2, 0.25) is 0 Å². The molecular formula is C13H17BrO3S. The molecule has 3 nitrogen and oxygen atoms in total. The highest BCUT2D eigenvalue weighted by molar-refractivity contribution is 9.10. The van der Waals surface area contributed by atoms with Gasteiger partial charge in [-0.3, -0.25) is 0 Å². The van der Waals surface area contributed by atoms with Gasteiger partial charge < -0.3 is 9.47 Å². The van der Waals surface area contributed by atoms with Crippen LogP contribution in [0.3, 0.4) is 0 Å². The molecule has 1 aliphatic rings. The zero-order chi connectivity index (χ0) is 13.4. The van der Waals surface area contributed by atoms with Crippen molar-refractivity contribution in [3.63, 3.8) is 0 Å². The summed E-state index contributed by atoms with van der Waals surface area (Å²) in [6.07, 6.45) is 1.93. The predicted octanol–water partition coefficient (Wildman–Crippen LogP) is 3.86. The van der Waals surface area contributed by atoms with Crippen molar-refractivity contribution in [2.24, 2.45) is 0 Å². The number of thiophene rings is 1. The lowest BCUT2D eigenvalue weighted by atomic mass is 10.2. The second-order valence-electron chi connectivity index (χ2n) is 5.47. The number of rotatable bonds is 4. The van der Waals surface area contributed by atoms with Crippen molar-refractivity contribution in [3.05, 3.63) is 20.8 Å². The van der Waals surface area contributed by atoms with Gasteiger partial charge in [-0.1, -0.05) is 0 Å². The van der Waals surface area contributed by atoms with Crippen LogP contribution in [0.4, 0.5) is 0 Å². The van der Waals surface area contributed by atoms with Crippen molar-refractivity contribution in [3.8, 4) is 0 Å². The second-order valence-corrected chi connectivity index (χ2v) is 7.24. The number of hydrogen-bond acceptors (Lipinski definition) is 4. The number of carbonyl (C=O) groups is 1. The van der Waals surface area contributed by atoms with E-state index in [2.05, 4.69) is 15.9 Å². The highest BCUT2D eigenvalue weighted by atomic mass is 79.9. The van der Waals surface area contributed by atoms with Crippen LogP contribution in [-0.4, -0.2) is 18.2 Å². The van der Waals surface area contributed by atoms with Crippen molar-refractivity contribution in [2.45, 2.75) is 44.8 Å². The number of halogens is 1. The van der Waals surface area contributed by atoms with Crippen molar-refractivity contribution >= 4 is 33.2 Å². The van der Waals surface area contributed by atoms with Gasteiger partial charge in [-0.15, -0.1) is 11.3 Å². The smallest absolute Gasteiger partial charge is 0.332 e. The Balaban J connectivity index is 1.91. The van der Waals surface area contributed by atoms with Crippen LogP contribution < -0.4 is 0 Å². The van der Waals surface area contributed by atoms with E-state index in [0.29, 0.717) is 0 Å². The minimum atomic E-state index is -0.458. The maximum Gasteiger partial charge on any atom is 0.332 e. The summed E-state index contributed by atoms with van der Waals surface area (Å²) in [5.74, 6) is -0.304. The van der Waals surface area contributed by atoms with Gasteiger partial charge in [0.1, 0.15) is 17.8 Å². The first kappa shape index (κ1) is 14.0. The lowest BCUT2D eigenvalue weighted by Crippen LogP contribution is -2.28. The first-order valence-corrected chi connectivity index (χ1v) is 7.59. The highest BCUT2D eigenvalue weighted by Crippen LogP contribution is 2.53. The van der Waals surface area contributed by atoms with Crippen molar-refractivity contribution in [1.82, 2.24) is 0 Å². The molecule has 0 amide bonds. The number of hydrogen-bond donors (Lipinski definition) is 0. The average Bonchev–Trinajstić information content (AvgIpc) is 2.90. The van der Waals surface area contributed by atoms with Crippen LogP contribution >= 0.6 is 27.3 Å². The van der Waals surface area contributed by atoms with Gasteiger partial charge in [0, 0.05) is 4.47 Å². The lowest BCUT2D eigenvalue weighted by molar-refractivity contribution is -0.163. The molecule has 2 rings (SSSR count). The fourth-order valence-electron chi connectivity index (χ4n) is 1.74. The van der Waals surface area contributed by atoms with Gasteiger partial charge >= 0.3 is 5.97 Å². The standard InChI is InChI=1S/C13H17BrO3S/c1-12(2,3)17-10(15)8-16-13(5-6-13)11-9(14)4-7-18-11/h4,7H,5-6,8H2,1-3H3. The number of esters is 1. The maximum atomic E-state index is 11.6. The summed E-state index contributed by atoms with van der Waals surface area (Å²) in [5, 5.41) is 2.02. The monoisotopic (exact) mass is 332 g/mol. The molecule has 1 saturated carbocycles. The molecule has 0 bridgehead atoms. The Kier molecular flexibility index (Phi) is 3.85. The molecule has 1 heterocycles. The van der Waals surface area contributed by atoms with Gasteiger partial charge in [0.25, 0.3) is 0 Å². The summed E-state index contributed by atoms with van der Waals surface area (Å²) in [5.41, 5.74) is -0.718. The Hall–Kier alpha value is -0.390. The Morgan fingerprint density at radius 1 is 1.50 bits per heavy atom. The molecule has 18 heavy (non-hydrogen) atoms. The highest BCUT2D eigenvalue weighted by Gasteiger charge is 2.48. The molecule has 0 aromatic carbocycles. The molecule has 0 atom stereocenters. The molecule has 0 N–H and O–H groups in total. The molecule has 5 heteroatoms. The summed E-state index contributed by atoms with van der Waals surface area (Å²) in [6.45, 7) is 5.58. The van der Waals surface area contributed by atoms with E-state index in [9.17, 15) is 4.79 Å². The second kappa shape index (κ2) is 4.94. The van der Waals surface area contributed by atoms with Gasteiger partial charge in [0.2, 0.25) is 0 Å². The van der Waals surface area contributed by atoms with Gasteiger partial charge in [-0.05, 0) is 61.0 Å². The van der Waals surface area contributed by atoms with Crippen LogP contribution in [0.15, 0.2) is 15.9 Å². The third-order valence-electron chi connectivity index (χ3n) is 2.62. The van der Waals surface area contributed by atoms with Crippen molar-refractivity contribution in [2.75, 3.05) is 6.61 Å². The first-order valence-electron chi connectivity index (χ1n) is 5.92. The van der Waals surface area contributed by atoms with E-state index >= 15 is 0 Å². The summed E-state index contributed by atoms with van der Waals surface area (Å²) in [7, 11) is 0. The van der Waals surface area contributed by atoms with Crippen LogP contribution in [0.1, 0.15) is 38.5 Å². The van der Waals surface area contributed by atoms with E-state index in [0.717, 1.165) is 17.3 Å². The summed E-state index contributed by atoms with van der Waals surface area (Å²) in [6, 6.07) is 2.01. The molecule has 0 radical (unpaired) electrons. The Morgan fingerprint density at radius 3 is 2.61 bits per heavy atom. The largest absolute Gasteiger partial charge is 0.458 e. The minimum absolute atomic E-state index is 0.0155.